The molecule has 0 saturated carbocycles. The van der Waals surface area contributed by atoms with Gasteiger partial charge in [0.2, 0.25) is 0 Å². The van der Waals surface area contributed by atoms with Gasteiger partial charge in [0.05, 0.1) is 18.1 Å². The Labute approximate surface area is 74.7 Å². The Morgan fingerprint density at radius 2 is 2.38 bits per heavy atom. The van der Waals surface area contributed by atoms with Crippen molar-refractivity contribution < 1.29 is 0 Å². The first-order valence-electron chi connectivity index (χ1n) is 3.58. The molecule has 0 radical (unpaired) electrons. The zero-order valence-corrected chi connectivity index (χ0v) is 6.83. The van der Waals surface area contributed by atoms with Crippen LogP contribution in [-0.4, -0.2) is 16.5 Å². The van der Waals surface area contributed by atoms with E-state index in [-0.39, 0.29) is 0 Å². The summed E-state index contributed by atoms with van der Waals surface area (Å²) < 4.78 is 0. The monoisotopic (exact) mass is 176 g/mol. The van der Waals surface area contributed by atoms with Crippen LogP contribution in [0.25, 0.3) is 16.5 Å². The van der Waals surface area contributed by atoms with Crippen molar-refractivity contribution >= 4 is 11.9 Å². The summed E-state index contributed by atoms with van der Waals surface area (Å²) in [6.07, 6.45) is 6.41. The molecule has 1 aromatic heterocycles. The van der Waals surface area contributed by atoms with Crippen molar-refractivity contribution in [1.29, 1.82) is 0 Å². The molecule has 1 aromatic rings. The van der Waals surface area contributed by atoms with Crippen LogP contribution in [0, 0.1) is 0 Å². The van der Waals surface area contributed by atoms with Crippen LogP contribution < -0.4 is 5.73 Å². The molecule has 6 nitrogen and oxygen atoms in total. The standard InChI is InChI=1S/C7H8N6/c8-7-5-10-6(4-11-7)2-1-3-12-13-9/h1-2,4-5H,3H2,(H2,8,11). The molecule has 0 atom stereocenters. The van der Waals surface area contributed by atoms with Crippen LogP contribution in [0.4, 0.5) is 5.82 Å². The average molecular weight is 176 g/mol. The Balaban J connectivity index is 2.58. The normalized spacial score (nSPS) is 9.85. The number of anilines is 1. The minimum atomic E-state index is 0.308. The van der Waals surface area contributed by atoms with Gasteiger partial charge in [0.25, 0.3) is 0 Å². The average Bonchev–Trinajstić information content (AvgIpc) is 2.15. The molecule has 0 amide bonds. The van der Waals surface area contributed by atoms with Crippen LogP contribution >= 0.6 is 0 Å². The summed E-state index contributed by atoms with van der Waals surface area (Å²) in [7, 11) is 0. The van der Waals surface area contributed by atoms with Crippen molar-refractivity contribution in [2.24, 2.45) is 5.11 Å². The van der Waals surface area contributed by atoms with Gasteiger partial charge in [-0.3, -0.25) is 4.98 Å². The summed E-state index contributed by atoms with van der Waals surface area (Å²) in [6, 6.07) is 0. The lowest BCUT2D eigenvalue weighted by atomic mass is 10.4. The van der Waals surface area contributed by atoms with Gasteiger partial charge in [-0.2, -0.15) is 0 Å². The van der Waals surface area contributed by atoms with Crippen LogP contribution in [0.2, 0.25) is 0 Å². The van der Waals surface area contributed by atoms with E-state index < -0.39 is 0 Å². The molecule has 0 aliphatic heterocycles. The quantitative estimate of drug-likeness (QED) is 0.427. The zero-order valence-electron chi connectivity index (χ0n) is 6.83. The maximum Gasteiger partial charge on any atom is 0.141 e. The lowest BCUT2D eigenvalue weighted by Gasteiger charge is -1.91. The Bertz CT molecular complexity index is 335. The molecule has 1 heterocycles. The van der Waals surface area contributed by atoms with E-state index in [2.05, 4.69) is 20.0 Å². The Hall–Kier alpha value is -2.07. The van der Waals surface area contributed by atoms with Gasteiger partial charge in [-0.25, -0.2) is 4.98 Å². The number of aromatic nitrogens is 2. The fourth-order valence-electron chi connectivity index (χ4n) is 0.691. The number of nitrogens with zero attached hydrogens (tertiary/aromatic N) is 5. The van der Waals surface area contributed by atoms with Gasteiger partial charge in [-0.15, -0.1) is 0 Å². The predicted octanol–water partition coefficient (Wildman–Crippen LogP) is 1.38. The fraction of sp³-hybridized carbons (Fsp3) is 0.143. The van der Waals surface area contributed by atoms with E-state index in [4.69, 9.17) is 11.3 Å². The SMILES string of the molecule is [N-]=[N+]=NCC=Cc1cnc(N)cn1. The zero-order chi connectivity index (χ0) is 9.52. The molecular weight excluding hydrogens is 168 g/mol. The smallest absolute Gasteiger partial charge is 0.141 e. The van der Waals surface area contributed by atoms with Crippen LogP contribution in [0.3, 0.4) is 0 Å². The molecule has 0 aliphatic rings. The van der Waals surface area contributed by atoms with Crippen molar-refractivity contribution in [3.8, 4) is 0 Å². The summed E-state index contributed by atoms with van der Waals surface area (Å²) in [5.41, 5.74) is 14.0. The van der Waals surface area contributed by atoms with Crippen molar-refractivity contribution in [2.45, 2.75) is 0 Å². The lowest BCUT2D eigenvalue weighted by Crippen LogP contribution is -1.91. The lowest BCUT2D eigenvalue weighted by molar-refractivity contribution is 1.18. The van der Waals surface area contributed by atoms with E-state index in [1.54, 1.807) is 18.3 Å². The van der Waals surface area contributed by atoms with Gasteiger partial charge < -0.3 is 5.73 Å². The van der Waals surface area contributed by atoms with Crippen LogP contribution in [0.1, 0.15) is 5.69 Å². The van der Waals surface area contributed by atoms with Gasteiger partial charge in [0.1, 0.15) is 5.82 Å². The maximum absolute atomic E-state index is 7.98. The Morgan fingerprint density at radius 1 is 1.54 bits per heavy atom. The molecule has 0 fully saturated rings. The van der Waals surface area contributed by atoms with Gasteiger partial charge in [-0.1, -0.05) is 11.2 Å². The highest BCUT2D eigenvalue weighted by molar-refractivity contribution is 5.44. The minimum absolute atomic E-state index is 0.308. The Kier molecular flexibility index (Phi) is 3.29. The van der Waals surface area contributed by atoms with Crippen LogP contribution in [0.5, 0.6) is 0 Å². The molecule has 0 saturated heterocycles. The molecule has 66 valence electrons. The van der Waals surface area contributed by atoms with Crippen LogP contribution in [0.15, 0.2) is 23.6 Å². The number of nitrogens with two attached hydrogens (primary N) is 1. The van der Waals surface area contributed by atoms with Crippen molar-refractivity contribution in [1.82, 2.24) is 9.97 Å². The number of azide groups is 1. The van der Waals surface area contributed by atoms with Crippen LogP contribution in [-0.2, 0) is 0 Å². The summed E-state index contributed by atoms with van der Waals surface area (Å²) >= 11 is 0. The first-order chi connectivity index (χ1) is 6.33. The van der Waals surface area contributed by atoms with Gasteiger partial charge >= 0.3 is 0 Å². The maximum atomic E-state index is 7.98. The third-order valence-corrected chi connectivity index (χ3v) is 1.23. The Morgan fingerprint density at radius 3 is 3.00 bits per heavy atom. The van der Waals surface area contributed by atoms with Gasteiger partial charge in [0, 0.05) is 11.5 Å². The molecular formula is C7H8N6. The highest BCUT2D eigenvalue weighted by Gasteiger charge is 1.87. The number of rotatable bonds is 3. The van der Waals surface area contributed by atoms with Crippen molar-refractivity contribution in [3.63, 3.8) is 0 Å². The summed E-state index contributed by atoms with van der Waals surface area (Å²) in [5.74, 6) is 0.382. The third-order valence-electron chi connectivity index (χ3n) is 1.23. The van der Waals surface area contributed by atoms with Crippen molar-refractivity contribution in [2.75, 3.05) is 12.3 Å². The number of nitrogen functional groups attached to an aromatic ring is 1. The third kappa shape index (κ3) is 3.22. The second-order valence-electron chi connectivity index (χ2n) is 2.18. The second kappa shape index (κ2) is 4.74. The number of hydrogen-bond donors (Lipinski definition) is 1. The van der Waals surface area contributed by atoms with E-state index in [1.165, 1.54) is 6.20 Å². The second-order valence-corrected chi connectivity index (χ2v) is 2.18. The van der Waals surface area contributed by atoms with Gasteiger partial charge in [-0.05, 0) is 11.6 Å². The van der Waals surface area contributed by atoms with Gasteiger partial charge in [0.15, 0.2) is 0 Å². The fourth-order valence-corrected chi connectivity index (χ4v) is 0.691. The first kappa shape index (κ1) is 9.02. The largest absolute Gasteiger partial charge is 0.382 e. The molecule has 6 heteroatoms. The summed E-state index contributed by atoms with van der Waals surface area (Å²) in [5, 5.41) is 3.33. The molecule has 0 bridgehead atoms. The number of hydrogen-bond acceptors (Lipinski definition) is 4. The molecule has 0 spiro atoms. The highest BCUT2D eigenvalue weighted by atomic mass is 15.1. The van der Waals surface area contributed by atoms with E-state index in [1.807, 2.05) is 0 Å². The summed E-state index contributed by atoms with van der Waals surface area (Å²) in [4.78, 5) is 10.4. The molecule has 1 rings (SSSR count). The van der Waals surface area contributed by atoms with Crippen molar-refractivity contribution in [3.05, 3.63) is 34.6 Å². The molecule has 13 heavy (non-hydrogen) atoms. The van der Waals surface area contributed by atoms with E-state index in [9.17, 15) is 0 Å². The predicted molar refractivity (Wildman–Crippen MR) is 49.5 cm³/mol. The molecule has 2 N–H and O–H groups in total. The minimum Gasteiger partial charge on any atom is -0.382 e. The topological polar surface area (TPSA) is 101 Å². The molecule has 0 aromatic carbocycles. The first-order valence-corrected chi connectivity index (χ1v) is 3.58. The van der Waals surface area contributed by atoms with E-state index >= 15 is 0 Å². The summed E-state index contributed by atoms with van der Waals surface area (Å²) in [6.45, 7) is 0.308. The molecule has 0 aliphatic carbocycles. The van der Waals surface area contributed by atoms with E-state index in [0.717, 1.165) is 0 Å². The van der Waals surface area contributed by atoms with E-state index in [0.29, 0.717) is 18.1 Å². The molecule has 0 unspecified atom stereocenters. The highest BCUT2D eigenvalue weighted by Crippen LogP contribution is 1.97.